The summed E-state index contributed by atoms with van der Waals surface area (Å²) in [5.41, 5.74) is 0.748. The van der Waals surface area contributed by atoms with Crippen molar-refractivity contribution in [2.45, 2.75) is 40.2 Å². The standard InChI is InChI=1S/C22H30N4O3/c1-15(2)14-26(6)19-12-11-16(13-23-19)20(27)24-17-9-7-8-10-18(17)25-21(28)29-22(3,4)5/h7-13,15H,14H2,1-6H3,(H,24,27)(H,25,28). The van der Waals surface area contributed by atoms with E-state index in [9.17, 15) is 9.59 Å². The summed E-state index contributed by atoms with van der Waals surface area (Å²) in [6, 6.07) is 10.5. The van der Waals surface area contributed by atoms with E-state index in [4.69, 9.17) is 4.74 Å². The number of carbonyl (C=O) groups excluding carboxylic acids is 2. The van der Waals surface area contributed by atoms with Crippen molar-refractivity contribution in [2.24, 2.45) is 5.92 Å². The van der Waals surface area contributed by atoms with Crippen LogP contribution in [0.2, 0.25) is 0 Å². The van der Waals surface area contributed by atoms with Crippen LogP contribution in [-0.4, -0.2) is 36.2 Å². The molecular formula is C22H30N4O3. The van der Waals surface area contributed by atoms with Gasteiger partial charge in [0.25, 0.3) is 5.91 Å². The first-order chi connectivity index (χ1) is 13.5. The highest BCUT2D eigenvalue weighted by atomic mass is 16.6. The lowest BCUT2D eigenvalue weighted by Crippen LogP contribution is -2.27. The number of anilines is 3. The van der Waals surface area contributed by atoms with Crippen LogP contribution in [0.3, 0.4) is 0 Å². The Labute approximate surface area is 172 Å². The molecule has 1 heterocycles. The van der Waals surface area contributed by atoms with Crippen LogP contribution < -0.4 is 15.5 Å². The van der Waals surface area contributed by atoms with Crippen molar-refractivity contribution >= 4 is 29.2 Å². The summed E-state index contributed by atoms with van der Waals surface area (Å²) in [4.78, 5) is 31.1. The van der Waals surface area contributed by atoms with Crippen LogP contribution in [0.1, 0.15) is 45.0 Å². The van der Waals surface area contributed by atoms with Gasteiger partial charge >= 0.3 is 6.09 Å². The molecule has 0 saturated carbocycles. The first-order valence-electron chi connectivity index (χ1n) is 9.63. The molecule has 2 rings (SSSR count). The molecule has 1 aromatic heterocycles. The third kappa shape index (κ3) is 7.10. The topological polar surface area (TPSA) is 83.6 Å². The van der Waals surface area contributed by atoms with Crippen molar-refractivity contribution in [1.29, 1.82) is 0 Å². The number of benzene rings is 1. The lowest BCUT2D eigenvalue weighted by atomic mass is 10.2. The monoisotopic (exact) mass is 398 g/mol. The number of aromatic nitrogens is 1. The van der Waals surface area contributed by atoms with Crippen molar-refractivity contribution in [2.75, 3.05) is 29.1 Å². The summed E-state index contributed by atoms with van der Waals surface area (Å²) in [6.07, 6.45) is 0.962. The predicted molar refractivity (Wildman–Crippen MR) is 117 cm³/mol. The van der Waals surface area contributed by atoms with E-state index in [-0.39, 0.29) is 5.91 Å². The van der Waals surface area contributed by atoms with Crippen LogP contribution >= 0.6 is 0 Å². The number of nitrogens with zero attached hydrogens (tertiary/aromatic N) is 2. The van der Waals surface area contributed by atoms with Gasteiger partial charge in [-0.1, -0.05) is 26.0 Å². The van der Waals surface area contributed by atoms with Crippen molar-refractivity contribution in [3.8, 4) is 0 Å². The van der Waals surface area contributed by atoms with E-state index in [2.05, 4.69) is 29.5 Å². The summed E-state index contributed by atoms with van der Waals surface area (Å²) in [7, 11) is 1.97. The highest BCUT2D eigenvalue weighted by Gasteiger charge is 2.18. The molecule has 7 heteroatoms. The zero-order valence-corrected chi connectivity index (χ0v) is 17.9. The molecule has 0 aliphatic rings. The Hall–Kier alpha value is -3.09. The number of rotatable bonds is 6. The lowest BCUT2D eigenvalue weighted by molar-refractivity contribution is 0.0635. The molecule has 0 aliphatic heterocycles. The normalized spacial score (nSPS) is 11.1. The largest absolute Gasteiger partial charge is 0.444 e. The maximum absolute atomic E-state index is 12.6. The van der Waals surface area contributed by atoms with Gasteiger partial charge in [0.15, 0.2) is 0 Å². The molecule has 7 nitrogen and oxygen atoms in total. The van der Waals surface area contributed by atoms with E-state index >= 15 is 0 Å². The van der Waals surface area contributed by atoms with Gasteiger partial charge in [-0.15, -0.1) is 0 Å². The quantitative estimate of drug-likeness (QED) is 0.732. The smallest absolute Gasteiger partial charge is 0.412 e. The average molecular weight is 399 g/mol. The molecular weight excluding hydrogens is 368 g/mol. The average Bonchev–Trinajstić information content (AvgIpc) is 2.61. The molecule has 2 aromatic rings. The molecule has 29 heavy (non-hydrogen) atoms. The Morgan fingerprint density at radius 1 is 1.07 bits per heavy atom. The Kier molecular flexibility index (Phi) is 7.20. The van der Waals surface area contributed by atoms with Crippen LogP contribution in [0.4, 0.5) is 22.0 Å². The summed E-state index contributed by atoms with van der Waals surface area (Å²) in [6.45, 7) is 10.5. The first kappa shape index (κ1) is 22.2. The van der Waals surface area contributed by atoms with E-state index in [1.54, 1.807) is 57.3 Å². The van der Waals surface area contributed by atoms with Crippen molar-refractivity contribution < 1.29 is 14.3 Å². The van der Waals surface area contributed by atoms with E-state index in [0.717, 1.165) is 12.4 Å². The van der Waals surface area contributed by atoms with Gasteiger partial charge in [0.2, 0.25) is 0 Å². The summed E-state index contributed by atoms with van der Waals surface area (Å²) < 4.78 is 5.27. The van der Waals surface area contributed by atoms with E-state index < -0.39 is 11.7 Å². The Morgan fingerprint density at radius 3 is 2.21 bits per heavy atom. The molecule has 0 bridgehead atoms. The summed E-state index contributed by atoms with van der Waals surface area (Å²) in [5, 5.41) is 5.48. The SMILES string of the molecule is CC(C)CN(C)c1ccc(C(=O)Nc2ccccc2NC(=O)OC(C)(C)C)cn1. The van der Waals surface area contributed by atoms with Gasteiger partial charge in [0.05, 0.1) is 16.9 Å². The highest BCUT2D eigenvalue weighted by molar-refractivity contribution is 6.06. The van der Waals surface area contributed by atoms with Crippen molar-refractivity contribution in [3.63, 3.8) is 0 Å². The molecule has 0 aliphatic carbocycles. The van der Waals surface area contributed by atoms with Crippen molar-refractivity contribution in [3.05, 3.63) is 48.2 Å². The number of para-hydroxylation sites is 2. The zero-order chi connectivity index (χ0) is 21.6. The summed E-state index contributed by atoms with van der Waals surface area (Å²) in [5.74, 6) is 1.01. The molecule has 0 saturated heterocycles. The van der Waals surface area contributed by atoms with Gasteiger partial charge in [0.1, 0.15) is 11.4 Å². The van der Waals surface area contributed by atoms with E-state index in [0.29, 0.717) is 22.9 Å². The minimum absolute atomic E-state index is 0.311. The molecule has 0 fully saturated rings. The predicted octanol–water partition coefficient (Wildman–Crippen LogP) is 4.77. The van der Waals surface area contributed by atoms with Gasteiger partial charge < -0.3 is 15.0 Å². The minimum atomic E-state index is -0.613. The summed E-state index contributed by atoms with van der Waals surface area (Å²) >= 11 is 0. The molecule has 156 valence electrons. The Bertz CT molecular complexity index is 842. The van der Waals surface area contributed by atoms with Crippen LogP contribution in [0.5, 0.6) is 0 Å². The number of ether oxygens (including phenoxy) is 1. The highest BCUT2D eigenvalue weighted by Crippen LogP contribution is 2.23. The maximum atomic E-state index is 12.6. The van der Waals surface area contributed by atoms with Crippen LogP contribution in [0.15, 0.2) is 42.6 Å². The number of carbonyl (C=O) groups is 2. The third-order valence-corrected chi connectivity index (χ3v) is 3.85. The molecule has 0 radical (unpaired) electrons. The third-order valence-electron chi connectivity index (χ3n) is 3.85. The lowest BCUT2D eigenvalue weighted by Gasteiger charge is -2.21. The second kappa shape index (κ2) is 9.41. The molecule has 1 aromatic carbocycles. The second-order valence-electron chi connectivity index (χ2n) is 8.31. The Morgan fingerprint density at radius 2 is 1.69 bits per heavy atom. The fraction of sp³-hybridized carbons (Fsp3) is 0.409. The fourth-order valence-electron chi connectivity index (χ4n) is 2.70. The first-order valence-corrected chi connectivity index (χ1v) is 9.63. The molecule has 2 N–H and O–H groups in total. The number of amides is 2. The number of hydrogen-bond donors (Lipinski definition) is 2. The molecule has 0 spiro atoms. The minimum Gasteiger partial charge on any atom is -0.444 e. The van der Waals surface area contributed by atoms with E-state index in [1.165, 1.54) is 0 Å². The number of hydrogen-bond acceptors (Lipinski definition) is 5. The van der Waals surface area contributed by atoms with Gasteiger partial charge in [-0.25, -0.2) is 9.78 Å². The number of nitrogens with one attached hydrogen (secondary N) is 2. The van der Waals surface area contributed by atoms with Gasteiger partial charge in [0, 0.05) is 19.8 Å². The second-order valence-corrected chi connectivity index (χ2v) is 8.31. The number of pyridine rings is 1. The molecule has 0 atom stereocenters. The van der Waals surface area contributed by atoms with Crippen LogP contribution in [0.25, 0.3) is 0 Å². The van der Waals surface area contributed by atoms with Crippen molar-refractivity contribution in [1.82, 2.24) is 4.98 Å². The maximum Gasteiger partial charge on any atom is 0.412 e. The van der Waals surface area contributed by atoms with E-state index in [1.807, 2.05) is 18.0 Å². The van der Waals surface area contributed by atoms with Gasteiger partial charge in [-0.3, -0.25) is 10.1 Å². The Balaban J connectivity index is 2.08. The van der Waals surface area contributed by atoms with Gasteiger partial charge in [-0.2, -0.15) is 0 Å². The fourth-order valence-corrected chi connectivity index (χ4v) is 2.70. The molecule has 0 unspecified atom stereocenters. The zero-order valence-electron chi connectivity index (χ0n) is 17.9. The van der Waals surface area contributed by atoms with Crippen LogP contribution in [0, 0.1) is 5.92 Å². The van der Waals surface area contributed by atoms with Crippen LogP contribution in [-0.2, 0) is 4.74 Å². The molecule has 2 amide bonds. The van der Waals surface area contributed by atoms with Gasteiger partial charge in [-0.05, 0) is 51.0 Å².